The van der Waals surface area contributed by atoms with Gasteiger partial charge in [0.1, 0.15) is 10.7 Å². The first kappa shape index (κ1) is 14.7. The van der Waals surface area contributed by atoms with E-state index in [4.69, 9.17) is 15.8 Å². The zero-order valence-corrected chi connectivity index (χ0v) is 10.3. The highest BCUT2D eigenvalue weighted by molar-refractivity contribution is 8.13. The number of rotatable bonds is 5. The van der Waals surface area contributed by atoms with E-state index < -0.39 is 50.3 Å². The van der Waals surface area contributed by atoms with Crippen LogP contribution in [0.3, 0.4) is 0 Å². The van der Waals surface area contributed by atoms with Gasteiger partial charge >= 0.3 is 5.97 Å². The van der Waals surface area contributed by atoms with E-state index in [-0.39, 0.29) is 0 Å². The molecule has 1 aromatic carbocycles. The monoisotopic (exact) mass is 300 g/mol. The first-order valence-electron chi connectivity index (χ1n) is 4.50. The maximum Gasteiger partial charge on any atom is 0.306 e. The molecule has 0 bridgehead atoms. The van der Waals surface area contributed by atoms with Crippen LogP contribution < -0.4 is 4.74 Å². The van der Waals surface area contributed by atoms with Crippen LogP contribution in [0.4, 0.5) is 8.78 Å². The Balaban J connectivity index is 3.13. The van der Waals surface area contributed by atoms with Crippen molar-refractivity contribution in [1.29, 1.82) is 0 Å². The molecule has 0 radical (unpaired) electrons. The second-order valence-electron chi connectivity index (χ2n) is 3.14. The lowest BCUT2D eigenvalue weighted by Crippen LogP contribution is -2.08. The molecule has 0 aromatic heterocycles. The summed E-state index contributed by atoms with van der Waals surface area (Å²) in [5.41, 5.74) is 0. The highest BCUT2D eigenvalue weighted by Gasteiger charge is 2.22. The molecular weight excluding hydrogens is 294 g/mol. The van der Waals surface area contributed by atoms with Gasteiger partial charge in [-0.3, -0.25) is 4.79 Å². The first-order chi connectivity index (χ1) is 8.21. The molecule has 100 valence electrons. The predicted molar refractivity (Wildman–Crippen MR) is 57.1 cm³/mol. The van der Waals surface area contributed by atoms with E-state index >= 15 is 0 Å². The minimum atomic E-state index is -4.41. The van der Waals surface area contributed by atoms with E-state index in [1.54, 1.807) is 0 Å². The van der Waals surface area contributed by atoms with Crippen LogP contribution in [0.5, 0.6) is 5.75 Å². The van der Waals surface area contributed by atoms with Gasteiger partial charge in [-0.15, -0.1) is 0 Å². The summed E-state index contributed by atoms with van der Waals surface area (Å²) in [6, 6.07) is 0.892. The van der Waals surface area contributed by atoms with Crippen molar-refractivity contribution in [2.75, 3.05) is 6.61 Å². The molecule has 0 aliphatic rings. The number of carboxylic acid groups (broad SMARTS) is 1. The molecular formula is C9H7ClF2O5S. The molecule has 5 nitrogen and oxygen atoms in total. The third kappa shape index (κ3) is 3.81. The molecule has 0 spiro atoms. The van der Waals surface area contributed by atoms with Gasteiger partial charge in [-0.05, 0) is 6.07 Å². The quantitative estimate of drug-likeness (QED) is 0.838. The van der Waals surface area contributed by atoms with Crippen molar-refractivity contribution < 1.29 is 31.8 Å². The van der Waals surface area contributed by atoms with Gasteiger partial charge in [0.15, 0.2) is 11.6 Å². The van der Waals surface area contributed by atoms with E-state index in [0.29, 0.717) is 12.1 Å². The van der Waals surface area contributed by atoms with Crippen LogP contribution in [0, 0.1) is 11.6 Å². The molecule has 0 aliphatic heterocycles. The highest BCUT2D eigenvalue weighted by Crippen LogP contribution is 2.30. The van der Waals surface area contributed by atoms with Crippen molar-refractivity contribution in [3.05, 3.63) is 23.8 Å². The topological polar surface area (TPSA) is 80.7 Å². The lowest BCUT2D eigenvalue weighted by atomic mass is 10.3. The van der Waals surface area contributed by atoms with E-state index in [1.165, 1.54) is 0 Å². The summed E-state index contributed by atoms with van der Waals surface area (Å²) in [7, 11) is 0.582. The number of carbonyl (C=O) groups is 1. The average molecular weight is 301 g/mol. The van der Waals surface area contributed by atoms with Crippen molar-refractivity contribution in [2.24, 2.45) is 0 Å². The summed E-state index contributed by atoms with van der Waals surface area (Å²) in [4.78, 5) is 9.35. The van der Waals surface area contributed by atoms with Crippen LogP contribution in [-0.2, 0) is 13.8 Å². The Morgan fingerprint density at radius 1 is 1.39 bits per heavy atom. The number of hydrogen-bond acceptors (Lipinski definition) is 4. The van der Waals surface area contributed by atoms with Gasteiger partial charge in [-0.25, -0.2) is 17.2 Å². The van der Waals surface area contributed by atoms with Crippen LogP contribution in [0.2, 0.25) is 0 Å². The van der Waals surface area contributed by atoms with Gasteiger partial charge in [0, 0.05) is 16.7 Å². The Morgan fingerprint density at radius 2 is 2.00 bits per heavy atom. The van der Waals surface area contributed by atoms with Crippen LogP contribution in [0.1, 0.15) is 6.42 Å². The van der Waals surface area contributed by atoms with Crippen molar-refractivity contribution in [3.63, 3.8) is 0 Å². The molecule has 0 saturated heterocycles. The number of halogens is 3. The molecule has 0 amide bonds. The Labute approximate surface area is 105 Å². The molecule has 0 saturated carbocycles. The third-order valence-corrected chi connectivity index (χ3v) is 3.13. The molecule has 18 heavy (non-hydrogen) atoms. The lowest BCUT2D eigenvalue weighted by molar-refractivity contribution is -0.137. The molecule has 0 heterocycles. The zero-order valence-electron chi connectivity index (χ0n) is 8.69. The Morgan fingerprint density at radius 3 is 2.50 bits per heavy atom. The van der Waals surface area contributed by atoms with Gasteiger partial charge in [-0.2, -0.15) is 0 Å². The van der Waals surface area contributed by atoms with Crippen molar-refractivity contribution in [2.45, 2.75) is 11.3 Å². The molecule has 0 aliphatic carbocycles. The number of ether oxygens (including phenoxy) is 1. The first-order valence-corrected chi connectivity index (χ1v) is 6.81. The fourth-order valence-corrected chi connectivity index (χ4v) is 2.07. The average Bonchev–Trinajstić information content (AvgIpc) is 2.18. The van der Waals surface area contributed by atoms with Gasteiger partial charge in [-0.1, -0.05) is 0 Å². The van der Waals surface area contributed by atoms with Gasteiger partial charge in [0.25, 0.3) is 9.05 Å². The van der Waals surface area contributed by atoms with E-state index in [2.05, 4.69) is 4.74 Å². The van der Waals surface area contributed by atoms with Gasteiger partial charge in [0.05, 0.1) is 13.0 Å². The normalized spacial score (nSPS) is 11.3. The SMILES string of the molecule is O=C(O)CCOc1c(F)cc(F)cc1S(=O)(=O)Cl. The molecule has 0 unspecified atom stereocenters. The minimum Gasteiger partial charge on any atom is -0.488 e. The zero-order chi connectivity index (χ0) is 13.9. The number of hydrogen-bond donors (Lipinski definition) is 1. The maximum absolute atomic E-state index is 13.3. The van der Waals surface area contributed by atoms with Crippen LogP contribution in [0.15, 0.2) is 17.0 Å². The minimum absolute atomic E-state index is 0.404. The fourth-order valence-electron chi connectivity index (χ4n) is 1.10. The predicted octanol–water partition coefficient (Wildman–Crippen LogP) is 1.75. The largest absolute Gasteiger partial charge is 0.488 e. The summed E-state index contributed by atoms with van der Waals surface area (Å²) in [5.74, 6) is -4.43. The Bertz CT molecular complexity index is 573. The number of benzene rings is 1. The molecule has 1 N–H and O–H groups in total. The van der Waals surface area contributed by atoms with Crippen LogP contribution in [-0.4, -0.2) is 26.1 Å². The van der Waals surface area contributed by atoms with Gasteiger partial charge in [0.2, 0.25) is 0 Å². The smallest absolute Gasteiger partial charge is 0.306 e. The van der Waals surface area contributed by atoms with Gasteiger partial charge < -0.3 is 9.84 Å². The second-order valence-corrected chi connectivity index (χ2v) is 5.68. The number of carboxylic acids is 1. The van der Waals surface area contributed by atoms with Crippen molar-refractivity contribution >= 4 is 25.7 Å². The lowest BCUT2D eigenvalue weighted by Gasteiger charge is -2.09. The molecule has 0 atom stereocenters. The third-order valence-electron chi connectivity index (χ3n) is 1.80. The number of aliphatic carboxylic acids is 1. The van der Waals surface area contributed by atoms with E-state index in [1.807, 2.05) is 0 Å². The highest BCUT2D eigenvalue weighted by atomic mass is 35.7. The standard InChI is InChI=1S/C9H7ClF2O5S/c10-18(15,16)7-4-5(11)3-6(12)9(7)17-2-1-8(13)14/h3-4H,1-2H2,(H,13,14). The molecule has 0 fully saturated rings. The summed E-state index contributed by atoms with van der Waals surface area (Å²) < 4.78 is 53.1. The summed E-state index contributed by atoms with van der Waals surface area (Å²) in [5, 5.41) is 8.36. The van der Waals surface area contributed by atoms with Crippen LogP contribution >= 0.6 is 10.7 Å². The fraction of sp³-hybridized carbons (Fsp3) is 0.222. The summed E-state index contributed by atoms with van der Waals surface area (Å²) >= 11 is 0. The van der Waals surface area contributed by atoms with Crippen LogP contribution in [0.25, 0.3) is 0 Å². The van der Waals surface area contributed by atoms with Crippen molar-refractivity contribution in [1.82, 2.24) is 0 Å². The molecule has 1 rings (SSSR count). The second kappa shape index (κ2) is 5.49. The molecule has 1 aromatic rings. The van der Waals surface area contributed by atoms with Crippen molar-refractivity contribution in [3.8, 4) is 5.75 Å². The Hall–Kier alpha value is -1.41. The Kier molecular flexibility index (Phi) is 4.47. The van der Waals surface area contributed by atoms with E-state index in [0.717, 1.165) is 0 Å². The molecule has 9 heteroatoms. The summed E-state index contributed by atoms with van der Waals surface area (Å²) in [6.07, 6.45) is -0.474. The maximum atomic E-state index is 13.3. The summed E-state index contributed by atoms with van der Waals surface area (Å²) in [6.45, 7) is -0.475. The van der Waals surface area contributed by atoms with E-state index in [9.17, 15) is 22.0 Å².